The van der Waals surface area contributed by atoms with Crippen LogP contribution in [0.3, 0.4) is 0 Å². The maximum Gasteiger partial charge on any atom is 0.144 e. The molecule has 0 heterocycles. The molecule has 0 N–H and O–H groups in total. The summed E-state index contributed by atoms with van der Waals surface area (Å²) in [5.41, 5.74) is 0. The van der Waals surface area contributed by atoms with Crippen LogP contribution in [0.2, 0.25) is 0 Å². The van der Waals surface area contributed by atoms with Gasteiger partial charge in [0.15, 0.2) is 0 Å². The summed E-state index contributed by atoms with van der Waals surface area (Å²) in [6, 6.07) is 7.91. The molecule has 78 valence electrons. The van der Waals surface area contributed by atoms with Crippen molar-refractivity contribution in [1.82, 2.24) is 0 Å². The lowest BCUT2D eigenvalue weighted by atomic mass is 10.2. The Kier molecular flexibility index (Phi) is 5.52. The number of ketones is 1. The van der Waals surface area contributed by atoms with Gasteiger partial charge in [-0.05, 0) is 24.3 Å². The molecule has 0 amide bonds. The highest BCUT2D eigenvalue weighted by atomic mass is 79.9. The number of thioether (sulfide) groups is 1. The number of terminal acetylenes is 1. The lowest BCUT2D eigenvalue weighted by Gasteiger charge is -2.00. The molecule has 0 aliphatic heterocycles. The predicted octanol–water partition coefficient (Wildman–Crippen LogP) is 3.52. The topological polar surface area (TPSA) is 17.1 Å². The van der Waals surface area contributed by atoms with E-state index in [4.69, 9.17) is 6.42 Å². The third-order valence-electron chi connectivity index (χ3n) is 1.76. The van der Waals surface area contributed by atoms with Gasteiger partial charge in [-0.3, -0.25) is 4.79 Å². The molecule has 0 fully saturated rings. The summed E-state index contributed by atoms with van der Waals surface area (Å²) in [5.74, 6) is 3.18. The highest BCUT2D eigenvalue weighted by Crippen LogP contribution is 2.20. The largest absolute Gasteiger partial charge is 0.299 e. The Morgan fingerprint density at radius 3 is 2.67 bits per heavy atom. The van der Waals surface area contributed by atoms with Crippen LogP contribution in [0, 0.1) is 12.3 Å². The molecular weight excluding hydrogens is 272 g/mol. The van der Waals surface area contributed by atoms with E-state index in [0.717, 1.165) is 9.37 Å². The Morgan fingerprint density at radius 2 is 2.07 bits per heavy atom. The van der Waals surface area contributed by atoms with Crippen LogP contribution in [0.5, 0.6) is 0 Å². The van der Waals surface area contributed by atoms with E-state index in [1.807, 2.05) is 24.3 Å². The monoisotopic (exact) mass is 282 g/mol. The van der Waals surface area contributed by atoms with Crippen molar-refractivity contribution in [2.24, 2.45) is 0 Å². The van der Waals surface area contributed by atoms with Crippen molar-refractivity contribution in [3.8, 4) is 12.3 Å². The Balaban J connectivity index is 2.34. The van der Waals surface area contributed by atoms with Gasteiger partial charge in [0.1, 0.15) is 5.78 Å². The zero-order chi connectivity index (χ0) is 11.1. The summed E-state index contributed by atoms with van der Waals surface area (Å²) in [6.07, 6.45) is 6.11. The molecule has 1 aromatic carbocycles. The summed E-state index contributed by atoms with van der Waals surface area (Å²) in [4.78, 5) is 12.4. The normalized spacial score (nSPS) is 9.60. The first-order valence-corrected chi connectivity index (χ1v) is 6.34. The highest BCUT2D eigenvalue weighted by molar-refractivity contribution is 9.10. The average molecular weight is 283 g/mol. The number of rotatable bonds is 5. The fourth-order valence-electron chi connectivity index (χ4n) is 0.978. The summed E-state index contributed by atoms with van der Waals surface area (Å²) >= 11 is 4.91. The third-order valence-corrected chi connectivity index (χ3v) is 3.36. The molecule has 0 unspecified atom stereocenters. The minimum Gasteiger partial charge on any atom is -0.299 e. The van der Waals surface area contributed by atoms with Crippen LogP contribution in [0.15, 0.2) is 33.6 Å². The number of benzene rings is 1. The summed E-state index contributed by atoms with van der Waals surface area (Å²) < 4.78 is 1.05. The van der Waals surface area contributed by atoms with Crippen LogP contribution < -0.4 is 0 Å². The Morgan fingerprint density at radius 1 is 1.40 bits per heavy atom. The van der Waals surface area contributed by atoms with Crippen molar-refractivity contribution in [1.29, 1.82) is 0 Å². The van der Waals surface area contributed by atoms with Gasteiger partial charge in [-0.15, -0.1) is 24.1 Å². The van der Waals surface area contributed by atoms with Crippen molar-refractivity contribution in [2.45, 2.75) is 17.7 Å². The van der Waals surface area contributed by atoms with Gasteiger partial charge in [-0.2, -0.15) is 0 Å². The number of Topliss-reactive ketones (excluding diaryl/α,β-unsaturated/α-hetero) is 1. The van der Waals surface area contributed by atoms with Crippen LogP contribution in [-0.4, -0.2) is 11.5 Å². The molecule has 1 nitrogen and oxygen atoms in total. The molecule has 0 atom stereocenters. The first-order valence-electron chi connectivity index (χ1n) is 4.56. The second-order valence-corrected chi connectivity index (χ2v) is 4.95. The Bertz CT molecular complexity index is 364. The lowest BCUT2D eigenvalue weighted by molar-refractivity contribution is -0.116. The Labute approximate surface area is 103 Å². The number of hydrogen-bond acceptors (Lipinski definition) is 2. The molecule has 0 aromatic heterocycles. The van der Waals surface area contributed by atoms with Gasteiger partial charge >= 0.3 is 0 Å². The maximum atomic E-state index is 11.3. The predicted molar refractivity (Wildman–Crippen MR) is 67.9 cm³/mol. The van der Waals surface area contributed by atoms with Crippen molar-refractivity contribution in [3.63, 3.8) is 0 Å². The van der Waals surface area contributed by atoms with E-state index in [2.05, 4.69) is 21.9 Å². The second kappa shape index (κ2) is 6.71. The number of hydrogen-bond donors (Lipinski definition) is 0. The fourth-order valence-corrected chi connectivity index (χ4v) is 2.04. The minimum atomic E-state index is 0.209. The van der Waals surface area contributed by atoms with E-state index >= 15 is 0 Å². The van der Waals surface area contributed by atoms with Crippen LogP contribution in [0.4, 0.5) is 0 Å². The van der Waals surface area contributed by atoms with E-state index in [9.17, 15) is 4.79 Å². The van der Waals surface area contributed by atoms with Crippen molar-refractivity contribution in [3.05, 3.63) is 28.7 Å². The molecule has 0 aliphatic rings. The molecule has 15 heavy (non-hydrogen) atoms. The van der Waals surface area contributed by atoms with Crippen LogP contribution in [-0.2, 0) is 4.79 Å². The highest BCUT2D eigenvalue weighted by Gasteiger charge is 2.02. The number of carbonyl (C=O) groups excluding carboxylic acids is 1. The van der Waals surface area contributed by atoms with E-state index in [0.29, 0.717) is 18.6 Å². The van der Waals surface area contributed by atoms with E-state index in [1.165, 1.54) is 0 Å². The number of carbonyl (C=O) groups is 1. The van der Waals surface area contributed by atoms with Gasteiger partial charge in [0, 0.05) is 22.2 Å². The molecule has 0 radical (unpaired) electrons. The van der Waals surface area contributed by atoms with Gasteiger partial charge in [-0.25, -0.2) is 0 Å². The summed E-state index contributed by atoms with van der Waals surface area (Å²) in [7, 11) is 0. The zero-order valence-corrected chi connectivity index (χ0v) is 10.6. The maximum absolute atomic E-state index is 11.3. The first-order chi connectivity index (χ1) is 7.22. The lowest BCUT2D eigenvalue weighted by Crippen LogP contribution is -1.99. The molecular formula is C12H11BrOS. The van der Waals surface area contributed by atoms with Crippen LogP contribution in [0.25, 0.3) is 0 Å². The van der Waals surface area contributed by atoms with Crippen molar-refractivity contribution in [2.75, 3.05) is 5.75 Å². The average Bonchev–Trinajstić information content (AvgIpc) is 2.25. The van der Waals surface area contributed by atoms with E-state index < -0.39 is 0 Å². The SMILES string of the molecule is C#CCCC(=O)CSc1ccc(Br)cc1. The summed E-state index contributed by atoms with van der Waals surface area (Å²) in [5, 5.41) is 0. The van der Waals surface area contributed by atoms with Crippen molar-refractivity contribution >= 4 is 33.5 Å². The van der Waals surface area contributed by atoms with Gasteiger partial charge in [0.2, 0.25) is 0 Å². The van der Waals surface area contributed by atoms with E-state index in [1.54, 1.807) is 11.8 Å². The standard InChI is InChI=1S/C12H11BrOS/c1-2-3-4-11(14)9-15-12-7-5-10(13)6-8-12/h1,5-8H,3-4,9H2. The van der Waals surface area contributed by atoms with Crippen LogP contribution in [0.1, 0.15) is 12.8 Å². The minimum absolute atomic E-state index is 0.209. The smallest absolute Gasteiger partial charge is 0.144 e. The van der Waals surface area contributed by atoms with Gasteiger partial charge in [-0.1, -0.05) is 15.9 Å². The third kappa shape index (κ3) is 5.06. The molecule has 0 bridgehead atoms. The second-order valence-electron chi connectivity index (χ2n) is 2.99. The molecule has 1 aromatic rings. The first kappa shape index (κ1) is 12.4. The molecule has 0 saturated heterocycles. The molecule has 1 rings (SSSR count). The Hall–Kier alpha value is -0.720. The van der Waals surface area contributed by atoms with Gasteiger partial charge in [0.05, 0.1) is 5.75 Å². The molecule has 0 aliphatic carbocycles. The van der Waals surface area contributed by atoms with Gasteiger partial charge in [0.25, 0.3) is 0 Å². The number of halogens is 1. The molecule has 0 saturated carbocycles. The van der Waals surface area contributed by atoms with Crippen LogP contribution >= 0.6 is 27.7 Å². The molecule has 0 spiro atoms. The fraction of sp³-hybridized carbons (Fsp3) is 0.250. The van der Waals surface area contributed by atoms with E-state index in [-0.39, 0.29) is 5.78 Å². The molecule has 3 heteroatoms. The summed E-state index contributed by atoms with van der Waals surface area (Å²) in [6.45, 7) is 0. The van der Waals surface area contributed by atoms with Gasteiger partial charge < -0.3 is 0 Å². The van der Waals surface area contributed by atoms with Crippen molar-refractivity contribution < 1.29 is 4.79 Å². The quantitative estimate of drug-likeness (QED) is 0.607. The zero-order valence-electron chi connectivity index (χ0n) is 8.20.